The SMILES string of the molecule is CC(C)c1cccc(OCC(=O)c2ccc(F)cc2)c1. The van der Waals surface area contributed by atoms with Gasteiger partial charge in [0.2, 0.25) is 0 Å². The molecule has 0 unspecified atom stereocenters. The maximum absolute atomic E-state index is 12.8. The molecule has 20 heavy (non-hydrogen) atoms. The van der Waals surface area contributed by atoms with Crippen molar-refractivity contribution < 1.29 is 13.9 Å². The Balaban J connectivity index is 1.99. The Hall–Kier alpha value is -2.16. The van der Waals surface area contributed by atoms with Gasteiger partial charge in [-0.05, 0) is 47.9 Å². The minimum Gasteiger partial charge on any atom is -0.485 e. The summed E-state index contributed by atoms with van der Waals surface area (Å²) in [5.74, 6) is 0.560. The summed E-state index contributed by atoms with van der Waals surface area (Å²) in [5.41, 5.74) is 1.61. The predicted octanol–water partition coefficient (Wildman–Crippen LogP) is 4.21. The van der Waals surface area contributed by atoms with Crippen molar-refractivity contribution in [2.75, 3.05) is 6.61 Å². The molecular formula is C17H17FO2. The van der Waals surface area contributed by atoms with Crippen molar-refractivity contribution in [1.82, 2.24) is 0 Å². The van der Waals surface area contributed by atoms with E-state index in [4.69, 9.17) is 4.74 Å². The topological polar surface area (TPSA) is 26.3 Å². The molecule has 0 bridgehead atoms. The third kappa shape index (κ3) is 3.67. The number of ketones is 1. The predicted molar refractivity (Wildman–Crippen MR) is 76.8 cm³/mol. The van der Waals surface area contributed by atoms with Crippen LogP contribution in [0.15, 0.2) is 48.5 Å². The van der Waals surface area contributed by atoms with Gasteiger partial charge in [0.25, 0.3) is 0 Å². The standard InChI is InChI=1S/C17H17FO2/c1-12(2)14-4-3-5-16(10-14)20-11-17(19)13-6-8-15(18)9-7-13/h3-10,12H,11H2,1-2H3. The van der Waals surface area contributed by atoms with Gasteiger partial charge in [0.15, 0.2) is 12.4 Å². The van der Waals surface area contributed by atoms with Crippen LogP contribution in [0, 0.1) is 5.82 Å². The maximum Gasteiger partial charge on any atom is 0.200 e. The molecule has 2 aromatic rings. The van der Waals surface area contributed by atoms with E-state index in [0.29, 0.717) is 17.2 Å². The van der Waals surface area contributed by atoms with Gasteiger partial charge in [0.1, 0.15) is 11.6 Å². The summed E-state index contributed by atoms with van der Waals surface area (Å²) in [6, 6.07) is 13.2. The van der Waals surface area contributed by atoms with Crippen LogP contribution in [-0.4, -0.2) is 12.4 Å². The average molecular weight is 272 g/mol. The van der Waals surface area contributed by atoms with Crippen LogP contribution >= 0.6 is 0 Å². The van der Waals surface area contributed by atoms with Gasteiger partial charge in [-0.25, -0.2) is 4.39 Å². The number of rotatable bonds is 5. The van der Waals surface area contributed by atoms with Gasteiger partial charge in [-0.2, -0.15) is 0 Å². The summed E-state index contributed by atoms with van der Waals surface area (Å²) in [6.07, 6.45) is 0. The largest absolute Gasteiger partial charge is 0.485 e. The monoisotopic (exact) mass is 272 g/mol. The first-order valence-electron chi connectivity index (χ1n) is 6.58. The first kappa shape index (κ1) is 14.3. The molecule has 0 aliphatic rings. The zero-order valence-electron chi connectivity index (χ0n) is 11.6. The maximum atomic E-state index is 12.8. The van der Waals surface area contributed by atoms with Gasteiger partial charge in [0.05, 0.1) is 0 Å². The molecule has 0 amide bonds. The molecule has 0 aromatic heterocycles. The molecule has 104 valence electrons. The van der Waals surface area contributed by atoms with E-state index in [-0.39, 0.29) is 18.2 Å². The van der Waals surface area contributed by atoms with Gasteiger partial charge in [-0.3, -0.25) is 4.79 Å². The Bertz CT molecular complexity index is 588. The highest BCUT2D eigenvalue weighted by Crippen LogP contribution is 2.20. The van der Waals surface area contributed by atoms with E-state index in [2.05, 4.69) is 13.8 Å². The fourth-order valence-electron chi connectivity index (χ4n) is 1.83. The van der Waals surface area contributed by atoms with Crippen molar-refractivity contribution in [2.24, 2.45) is 0 Å². The van der Waals surface area contributed by atoms with E-state index >= 15 is 0 Å². The molecule has 0 fully saturated rings. The molecule has 0 spiro atoms. The number of halogens is 1. The second-order valence-electron chi connectivity index (χ2n) is 4.95. The zero-order chi connectivity index (χ0) is 14.5. The van der Waals surface area contributed by atoms with Crippen molar-refractivity contribution in [3.63, 3.8) is 0 Å². The smallest absolute Gasteiger partial charge is 0.200 e. The summed E-state index contributed by atoms with van der Waals surface area (Å²) in [5, 5.41) is 0. The van der Waals surface area contributed by atoms with E-state index < -0.39 is 0 Å². The molecule has 0 radical (unpaired) electrons. The van der Waals surface area contributed by atoms with Crippen molar-refractivity contribution >= 4 is 5.78 Å². The second-order valence-corrected chi connectivity index (χ2v) is 4.95. The van der Waals surface area contributed by atoms with E-state index in [1.54, 1.807) is 0 Å². The Kier molecular flexibility index (Phi) is 4.51. The third-order valence-corrected chi connectivity index (χ3v) is 3.06. The number of carbonyl (C=O) groups is 1. The van der Waals surface area contributed by atoms with Gasteiger partial charge in [0, 0.05) is 5.56 Å². The first-order chi connectivity index (χ1) is 9.56. The minimum absolute atomic E-state index is 0.0484. The van der Waals surface area contributed by atoms with E-state index in [1.165, 1.54) is 24.3 Å². The molecule has 2 aromatic carbocycles. The normalized spacial score (nSPS) is 10.6. The molecule has 0 aliphatic carbocycles. The van der Waals surface area contributed by atoms with Crippen molar-refractivity contribution in [2.45, 2.75) is 19.8 Å². The number of carbonyl (C=O) groups excluding carboxylic acids is 1. The van der Waals surface area contributed by atoms with Crippen LogP contribution in [0.2, 0.25) is 0 Å². The fraction of sp³-hybridized carbons (Fsp3) is 0.235. The quantitative estimate of drug-likeness (QED) is 0.762. The molecule has 0 saturated heterocycles. The lowest BCUT2D eigenvalue weighted by atomic mass is 10.0. The van der Waals surface area contributed by atoms with Crippen LogP contribution in [-0.2, 0) is 0 Å². The van der Waals surface area contributed by atoms with E-state index in [1.807, 2.05) is 24.3 Å². The molecule has 0 aliphatic heterocycles. The molecule has 2 rings (SSSR count). The Morgan fingerprint density at radius 1 is 1.15 bits per heavy atom. The molecule has 0 N–H and O–H groups in total. The van der Waals surface area contributed by atoms with Crippen molar-refractivity contribution in [1.29, 1.82) is 0 Å². The molecule has 2 nitrogen and oxygen atoms in total. The molecule has 0 heterocycles. The van der Waals surface area contributed by atoms with Crippen LogP contribution in [0.25, 0.3) is 0 Å². The van der Waals surface area contributed by atoms with Crippen LogP contribution in [0.1, 0.15) is 35.7 Å². The summed E-state index contributed by atoms with van der Waals surface area (Å²) >= 11 is 0. The summed E-state index contributed by atoms with van der Waals surface area (Å²) in [6.45, 7) is 4.15. The fourth-order valence-corrected chi connectivity index (χ4v) is 1.83. The molecular weight excluding hydrogens is 255 g/mol. The molecule has 3 heteroatoms. The van der Waals surface area contributed by atoms with Crippen molar-refractivity contribution in [3.05, 3.63) is 65.5 Å². The zero-order valence-corrected chi connectivity index (χ0v) is 11.6. The van der Waals surface area contributed by atoms with Gasteiger partial charge < -0.3 is 4.74 Å². The van der Waals surface area contributed by atoms with Crippen LogP contribution in [0.5, 0.6) is 5.75 Å². The highest BCUT2D eigenvalue weighted by Gasteiger charge is 2.07. The lowest BCUT2D eigenvalue weighted by Crippen LogP contribution is -2.11. The third-order valence-electron chi connectivity index (χ3n) is 3.06. The Labute approximate surface area is 118 Å². The van der Waals surface area contributed by atoms with E-state index in [9.17, 15) is 9.18 Å². The number of benzene rings is 2. The van der Waals surface area contributed by atoms with Crippen LogP contribution in [0.4, 0.5) is 4.39 Å². The number of Topliss-reactive ketones (excluding diaryl/α,β-unsaturated/α-hetero) is 1. The summed E-state index contributed by atoms with van der Waals surface area (Å²) in [7, 11) is 0. The average Bonchev–Trinajstić information content (AvgIpc) is 2.46. The second kappa shape index (κ2) is 6.33. The van der Waals surface area contributed by atoms with Gasteiger partial charge in [-0.1, -0.05) is 26.0 Å². The lowest BCUT2D eigenvalue weighted by molar-refractivity contribution is 0.0921. The Morgan fingerprint density at radius 2 is 1.85 bits per heavy atom. The number of hydrogen-bond acceptors (Lipinski definition) is 2. The summed E-state index contributed by atoms with van der Waals surface area (Å²) in [4.78, 5) is 11.9. The van der Waals surface area contributed by atoms with Gasteiger partial charge in [-0.15, -0.1) is 0 Å². The van der Waals surface area contributed by atoms with E-state index in [0.717, 1.165) is 5.56 Å². The number of ether oxygens (including phenoxy) is 1. The summed E-state index contributed by atoms with van der Waals surface area (Å²) < 4.78 is 18.3. The van der Waals surface area contributed by atoms with Crippen LogP contribution in [0.3, 0.4) is 0 Å². The number of hydrogen-bond donors (Lipinski definition) is 0. The molecule has 0 atom stereocenters. The van der Waals surface area contributed by atoms with Crippen molar-refractivity contribution in [3.8, 4) is 5.75 Å². The molecule has 0 saturated carbocycles. The Morgan fingerprint density at radius 3 is 2.50 bits per heavy atom. The lowest BCUT2D eigenvalue weighted by Gasteiger charge is -2.09. The highest BCUT2D eigenvalue weighted by molar-refractivity contribution is 5.97. The minimum atomic E-state index is -0.355. The van der Waals surface area contributed by atoms with Gasteiger partial charge >= 0.3 is 0 Å². The first-order valence-corrected chi connectivity index (χ1v) is 6.58. The van der Waals surface area contributed by atoms with Crippen LogP contribution < -0.4 is 4.74 Å². The highest BCUT2D eigenvalue weighted by atomic mass is 19.1.